The first-order valence-corrected chi connectivity index (χ1v) is 3.26. The van der Waals surface area contributed by atoms with E-state index >= 15 is 0 Å². The molecule has 0 unspecified atom stereocenters. The van der Waals surface area contributed by atoms with Gasteiger partial charge in [-0.15, -0.1) is 0 Å². The first-order valence-electron chi connectivity index (χ1n) is 3.26. The second-order valence-electron chi connectivity index (χ2n) is 1.94. The third-order valence-electron chi connectivity index (χ3n) is 0.802. The van der Waals surface area contributed by atoms with Crippen LogP contribution in [0.1, 0.15) is 34.1 Å². The Morgan fingerprint density at radius 3 is 0.769 bits per heavy atom. The molecule has 0 aromatic heterocycles. The van der Waals surface area contributed by atoms with Crippen molar-refractivity contribution in [1.29, 1.82) is 0 Å². The Hall–Kier alpha value is -0.420. The summed E-state index contributed by atoms with van der Waals surface area (Å²) in [4.78, 5) is 0. The summed E-state index contributed by atoms with van der Waals surface area (Å²) >= 11 is 0. The Kier molecular flexibility index (Phi) is 9.94. The summed E-state index contributed by atoms with van der Waals surface area (Å²) in [6, 6.07) is 0. The number of halogens is 6. The predicted molar refractivity (Wildman–Crippen MR) is 39.4 cm³/mol. The minimum atomic E-state index is -3.96. The van der Waals surface area contributed by atoms with Crippen molar-refractivity contribution in [2.24, 2.45) is 0 Å². The van der Waals surface area contributed by atoms with Gasteiger partial charge in [-0.1, -0.05) is 21.3 Å². The maximum Gasteiger partial charge on any atom is 0.388 e. The van der Waals surface area contributed by atoms with Gasteiger partial charge >= 0.3 is 12.4 Å². The van der Waals surface area contributed by atoms with Crippen molar-refractivity contribution in [3.8, 4) is 0 Å². The van der Waals surface area contributed by atoms with Gasteiger partial charge in [-0.2, -0.15) is 26.3 Å². The molecule has 0 bridgehead atoms. The van der Waals surface area contributed by atoms with Crippen molar-refractivity contribution in [3.63, 3.8) is 0 Å². The summed E-state index contributed by atoms with van der Waals surface area (Å²) in [6.07, 6.45) is -9.38. The van der Waals surface area contributed by atoms with Crippen molar-refractivity contribution < 1.29 is 26.3 Å². The smallest absolute Gasteiger partial charge is 0.171 e. The van der Waals surface area contributed by atoms with Crippen molar-refractivity contribution >= 4 is 0 Å². The SMILES string of the molecule is C.CCC(F)(F)F.CCC(F)(F)F. The molecule has 0 spiro atoms. The molecule has 13 heavy (non-hydrogen) atoms. The van der Waals surface area contributed by atoms with E-state index < -0.39 is 25.2 Å². The summed E-state index contributed by atoms with van der Waals surface area (Å²) in [5, 5.41) is 0. The Morgan fingerprint density at radius 2 is 0.769 bits per heavy atom. The van der Waals surface area contributed by atoms with Gasteiger partial charge in [0, 0.05) is 12.8 Å². The van der Waals surface area contributed by atoms with Gasteiger partial charge in [0.15, 0.2) is 0 Å². The fourth-order valence-corrected chi connectivity index (χ4v) is 0. The molecule has 0 heterocycles. The van der Waals surface area contributed by atoms with E-state index in [4.69, 9.17) is 0 Å². The van der Waals surface area contributed by atoms with Gasteiger partial charge in [0.1, 0.15) is 0 Å². The van der Waals surface area contributed by atoms with Crippen LogP contribution in [-0.2, 0) is 0 Å². The van der Waals surface area contributed by atoms with Crippen LogP contribution in [0, 0.1) is 0 Å². The highest BCUT2D eigenvalue weighted by Gasteiger charge is 2.23. The molecule has 0 atom stereocenters. The second-order valence-corrected chi connectivity index (χ2v) is 1.94. The van der Waals surface area contributed by atoms with E-state index in [1.165, 1.54) is 0 Å². The van der Waals surface area contributed by atoms with Crippen LogP contribution in [0.5, 0.6) is 0 Å². The van der Waals surface area contributed by atoms with Crippen molar-refractivity contribution in [2.45, 2.75) is 46.5 Å². The summed E-state index contributed by atoms with van der Waals surface area (Å²) in [5.74, 6) is 0. The molecular formula is C7H14F6. The van der Waals surface area contributed by atoms with E-state index in [0.29, 0.717) is 0 Å². The van der Waals surface area contributed by atoms with E-state index in [1.54, 1.807) is 0 Å². The number of rotatable bonds is 0. The quantitative estimate of drug-likeness (QED) is 0.516. The molecule has 0 saturated carbocycles. The predicted octanol–water partition coefficient (Wildman–Crippen LogP) is 4.55. The minimum Gasteiger partial charge on any atom is -0.171 e. The molecule has 0 aromatic carbocycles. The largest absolute Gasteiger partial charge is 0.388 e. The van der Waals surface area contributed by atoms with Gasteiger partial charge in [-0.05, 0) is 0 Å². The molecule has 84 valence electrons. The monoisotopic (exact) mass is 212 g/mol. The van der Waals surface area contributed by atoms with Gasteiger partial charge in [-0.3, -0.25) is 0 Å². The van der Waals surface area contributed by atoms with Crippen LogP contribution in [0.25, 0.3) is 0 Å². The molecule has 0 fully saturated rings. The van der Waals surface area contributed by atoms with Gasteiger partial charge in [0.05, 0.1) is 0 Å². The molecule has 0 aromatic rings. The summed E-state index contributed by atoms with van der Waals surface area (Å²) in [6.45, 7) is 2.17. The van der Waals surface area contributed by atoms with Crippen LogP contribution in [-0.4, -0.2) is 12.4 Å². The number of alkyl halides is 6. The van der Waals surface area contributed by atoms with Gasteiger partial charge in [0.2, 0.25) is 0 Å². The topological polar surface area (TPSA) is 0 Å². The number of hydrogen-bond acceptors (Lipinski definition) is 0. The van der Waals surface area contributed by atoms with Crippen molar-refractivity contribution in [3.05, 3.63) is 0 Å². The highest BCUT2D eigenvalue weighted by molar-refractivity contribution is 4.39. The molecule has 6 heteroatoms. The lowest BCUT2D eigenvalue weighted by Crippen LogP contribution is -2.02. The molecule has 0 rings (SSSR count). The lowest BCUT2D eigenvalue weighted by molar-refractivity contribution is -0.131. The third-order valence-corrected chi connectivity index (χ3v) is 0.802. The Bertz CT molecular complexity index is 86.5. The first-order chi connectivity index (χ1) is 5.12. The van der Waals surface area contributed by atoms with E-state index in [9.17, 15) is 26.3 Å². The molecule has 0 radical (unpaired) electrons. The molecular weight excluding hydrogens is 198 g/mol. The molecule has 0 N–H and O–H groups in total. The fraction of sp³-hybridized carbons (Fsp3) is 1.00. The van der Waals surface area contributed by atoms with E-state index in [0.717, 1.165) is 13.8 Å². The summed E-state index contributed by atoms with van der Waals surface area (Å²) < 4.78 is 64.7. The minimum absolute atomic E-state index is 0. The Morgan fingerprint density at radius 1 is 0.692 bits per heavy atom. The highest BCUT2D eigenvalue weighted by Crippen LogP contribution is 2.17. The maximum absolute atomic E-state index is 10.8. The number of hydrogen-bond donors (Lipinski definition) is 0. The molecule has 0 nitrogen and oxygen atoms in total. The van der Waals surface area contributed by atoms with E-state index in [-0.39, 0.29) is 7.43 Å². The van der Waals surface area contributed by atoms with Crippen LogP contribution in [0.2, 0.25) is 0 Å². The molecule has 0 aliphatic rings. The standard InChI is InChI=1S/2C3H5F3.CH4/c2*1-2-3(4,5)6;/h2*2H2,1H3;1H4. The zero-order valence-electron chi connectivity index (χ0n) is 6.68. The Labute approximate surface area is 73.9 Å². The Balaban J connectivity index is -0.000000143. The molecule has 0 saturated heterocycles. The van der Waals surface area contributed by atoms with Crippen LogP contribution in [0.15, 0.2) is 0 Å². The van der Waals surface area contributed by atoms with Gasteiger partial charge < -0.3 is 0 Å². The molecule has 0 aliphatic carbocycles. The summed E-state index contributed by atoms with van der Waals surface area (Å²) in [7, 11) is 0. The lowest BCUT2D eigenvalue weighted by atomic mass is 10.5. The molecule has 0 aliphatic heterocycles. The first kappa shape index (κ1) is 18.4. The zero-order chi connectivity index (χ0) is 10.4. The average Bonchev–Trinajstić information content (AvgIpc) is 1.86. The van der Waals surface area contributed by atoms with E-state index in [2.05, 4.69) is 0 Å². The highest BCUT2D eigenvalue weighted by atomic mass is 19.4. The van der Waals surface area contributed by atoms with Crippen molar-refractivity contribution in [1.82, 2.24) is 0 Å². The normalized spacial score (nSPS) is 11.1. The summed E-state index contributed by atoms with van der Waals surface area (Å²) in [5.41, 5.74) is 0. The maximum atomic E-state index is 10.8. The fourth-order valence-electron chi connectivity index (χ4n) is 0. The zero-order valence-corrected chi connectivity index (χ0v) is 6.68. The third kappa shape index (κ3) is 34.1. The van der Waals surface area contributed by atoms with E-state index in [1.807, 2.05) is 0 Å². The van der Waals surface area contributed by atoms with Gasteiger partial charge in [-0.25, -0.2) is 0 Å². The lowest BCUT2D eigenvalue weighted by Gasteiger charge is -1.96. The van der Waals surface area contributed by atoms with Crippen LogP contribution < -0.4 is 0 Å². The molecule has 0 amide bonds. The van der Waals surface area contributed by atoms with Gasteiger partial charge in [0.25, 0.3) is 0 Å². The van der Waals surface area contributed by atoms with Crippen molar-refractivity contribution in [2.75, 3.05) is 0 Å². The van der Waals surface area contributed by atoms with Crippen LogP contribution in [0.3, 0.4) is 0 Å². The van der Waals surface area contributed by atoms with Crippen LogP contribution >= 0.6 is 0 Å². The van der Waals surface area contributed by atoms with Crippen LogP contribution in [0.4, 0.5) is 26.3 Å². The second kappa shape index (κ2) is 7.03. The average molecular weight is 212 g/mol.